The van der Waals surface area contributed by atoms with E-state index in [0.29, 0.717) is 29.8 Å². The maximum absolute atomic E-state index is 13.0. The van der Waals surface area contributed by atoms with Crippen molar-refractivity contribution in [2.24, 2.45) is 0 Å². The largest absolute Gasteiger partial charge is 0.497 e. The molecule has 2 aromatic rings. The number of thioether (sulfide) groups is 1. The van der Waals surface area contributed by atoms with E-state index < -0.39 is 5.73 Å². The van der Waals surface area contributed by atoms with Gasteiger partial charge in [-0.1, -0.05) is 0 Å². The van der Waals surface area contributed by atoms with E-state index in [4.69, 9.17) is 6.11 Å². The number of methoxy groups -OCH3 is 1. The number of alkyl halides is 2. The molecule has 1 aromatic heterocycles. The smallest absolute Gasteiger partial charge is 0.290 e. The Balaban J connectivity index is 2.40. The van der Waals surface area contributed by atoms with Gasteiger partial charge in [-0.15, -0.1) is 0 Å². The lowest BCUT2D eigenvalue weighted by Crippen LogP contribution is -2.22. The van der Waals surface area contributed by atoms with E-state index in [1.165, 1.54) is 14.0 Å². The van der Waals surface area contributed by atoms with Gasteiger partial charge in [0.25, 0.3) is 5.73 Å². The number of hydrogen-bond donors (Lipinski definition) is 2. The molecule has 0 aliphatic heterocycles. The van der Waals surface area contributed by atoms with Crippen molar-refractivity contribution in [3.63, 3.8) is 0 Å². The molecule has 21 heavy (non-hydrogen) atoms. The van der Waals surface area contributed by atoms with E-state index in [-0.39, 0.29) is 22.7 Å². The summed E-state index contributed by atoms with van der Waals surface area (Å²) in [5, 5.41) is 3.62. The van der Waals surface area contributed by atoms with E-state index in [1.54, 1.807) is 18.2 Å². The molecule has 0 fully saturated rings. The molecular formula is C14H16F2N2O2S. The minimum atomic E-state index is -3.63. The summed E-state index contributed by atoms with van der Waals surface area (Å²) in [5.74, 6) is 0.430. The standard InChI is InChI=1S/C14H16F2N2O2S/c1-8(19)17-6-5-10-11-7-9(20-2)3-4-12(11)18-13(10)21-14(15)16/h3-4,7,14,18H,5-6H2,1-2H3,(H,17,19)/i14D. The summed E-state index contributed by atoms with van der Waals surface area (Å²) in [6, 6.07) is 5.22. The Bertz CT molecular complexity index is 685. The van der Waals surface area contributed by atoms with E-state index in [1.807, 2.05) is 0 Å². The van der Waals surface area contributed by atoms with Gasteiger partial charge >= 0.3 is 0 Å². The summed E-state index contributed by atoms with van der Waals surface area (Å²) in [6.07, 6.45) is 0.380. The lowest BCUT2D eigenvalue weighted by Gasteiger charge is -2.05. The predicted molar refractivity (Wildman–Crippen MR) is 79.1 cm³/mol. The van der Waals surface area contributed by atoms with Gasteiger partial charge in [-0.3, -0.25) is 4.79 Å². The number of amides is 1. The quantitative estimate of drug-likeness (QED) is 0.805. The number of ether oxygens (including phenoxy) is 1. The number of nitrogens with one attached hydrogen (secondary N) is 2. The fourth-order valence-electron chi connectivity index (χ4n) is 2.11. The van der Waals surface area contributed by atoms with Crippen LogP contribution in [0.25, 0.3) is 10.9 Å². The molecule has 0 radical (unpaired) electrons. The number of H-pyrrole nitrogens is 1. The number of carbonyl (C=O) groups excluding carboxylic acids is 1. The third-order valence-corrected chi connectivity index (χ3v) is 3.71. The molecule has 114 valence electrons. The summed E-state index contributed by atoms with van der Waals surface area (Å²) in [6.45, 7) is 1.72. The third kappa shape index (κ3) is 3.87. The van der Waals surface area contributed by atoms with Crippen LogP contribution < -0.4 is 10.1 Å². The summed E-state index contributed by atoms with van der Waals surface area (Å²) in [4.78, 5) is 13.9. The molecule has 1 heterocycles. The molecule has 0 saturated heterocycles. The van der Waals surface area contributed by atoms with Gasteiger partial charge in [-0.2, -0.15) is 8.78 Å². The van der Waals surface area contributed by atoms with Crippen LogP contribution in [0.1, 0.15) is 13.9 Å². The first-order chi connectivity index (χ1) is 10.3. The summed E-state index contributed by atoms with van der Waals surface area (Å²) < 4.78 is 38.0. The lowest BCUT2D eigenvalue weighted by atomic mass is 10.1. The number of aromatic nitrogens is 1. The van der Waals surface area contributed by atoms with Gasteiger partial charge in [0.1, 0.15) is 7.12 Å². The van der Waals surface area contributed by atoms with E-state index >= 15 is 0 Å². The van der Waals surface area contributed by atoms with E-state index in [2.05, 4.69) is 10.3 Å². The number of halogens is 2. The summed E-state index contributed by atoms with van der Waals surface area (Å²) >= 11 is 0.150. The highest BCUT2D eigenvalue weighted by atomic mass is 32.2. The molecule has 1 aromatic carbocycles. The zero-order valence-electron chi connectivity index (χ0n) is 12.6. The Morgan fingerprint density at radius 3 is 2.95 bits per heavy atom. The highest BCUT2D eigenvalue weighted by Crippen LogP contribution is 2.34. The number of aromatic amines is 1. The molecule has 4 nitrogen and oxygen atoms in total. The Kier molecular flexibility index (Phi) is 4.59. The first-order valence-electron chi connectivity index (χ1n) is 6.80. The Labute approximate surface area is 126 Å². The summed E-state index contributed by atoms with van der Waals surface area (Å²) in [5.41, 5.74) is -2.31. The zero-order valence-corrected chi connectivity index (χ0v) is 12.4. The SMILES string of the molecule is [2H]C(F)(F)Sc1[nH]c2ccc(OC)cc2c1CCNC(C)=O. The molecule has 0 bridgehead atoms. The topological polar surface area (TPSA) is 54.1 Å². The number of hydrogen-bond acceptors (Lipinski definition) is 3. The highest BCUT2D eigenvalue weighted by molar-refractivity contribution is 7.99. The van der Waals surface area contributed by atoms with Crippen molar-refractivity contribution in [1.29, 1.82) is 0 Å². The molecule has 0 spiro atoms. The average molecular weight is 315 g/mol. The van der Waals surface area contributed by atoms with Crippen molar-refractivity contribution in [2.45, 2.75) is 24.1 Å². The van der Waals surface area contributed by atoms with E-state index in [9.17, 15) is 13.6 Å². The van der Waals surface area contributed by atoms with Gasteiger partial charge in [0.05, 0.1) is 12.1 Å². The van der Waals surface area contributed by atoms with Crippen molar-refractivity contribution >= 4 is 28.6 Å². The average Bonchev–Trinajstić information content (AvgIpc) is 2.73. The molecule has 1 amide bonds. The Morgan fingerprint density at radius 1 is 1.57 bits per heavy atom. The minimum absolute atomic E-state index is 0.150. The molecule has 0 atom stereocenters. The van der Waals surface area contributed by atoms with Gasteiger partial charge < -0.3 is 15.0 Å². The molecular weight excluding hydrogens is 298 g/mol. The normalized spacial score (nSPS) is 12.3. The molecule has 2 N–H and O–H groups in total. The number of carbonyl (C=O) groups is 1. The monoisotopic (exact) mass is 315 g/mol. The molecule has 7 heteroatoms. The van der Waals surface area contributed by atoms with Gasteiger partial charge in [0, 0.05) is 24.4 Å². The molecule has 0 unspecified atom stereocenters. The van der Waals surface area contributed by atoms with Crippen molar-refractivity contribution in [1.82, 2.24) is 10.3 Å². The van der Waals surface area contributed by atoms with Crippen LogP contribution in [-0.4, -0.2) is 30.3 Å². The summed E-state index contributed by atoms with van der Waals surface area (Å²) in [7, 11) is 1.53. The van der Waals surface area contributed by atoms with Crippen LogP contribution in [0.4, 0.5) is 8.78 Å². The van der Waals surface area contributed by atoms with Gasteiger partial charge in [-0.25, -0.2) is 0 Å². The molecule has 0 aliphatic carbocycles. The highest BCUT2D eigenvalue weighted by Gasteiger charge is 2.16. The van der Waals surface area contributed by atoms with Crippen LogP contribution in [0.2, 0.25) is 0 Å². The minimum Gasteiger partial charge on any atom is -0.497 e. The second kappa shape index (κ2) is 6.80. The van der Waals surface area contributed by atoms with Crippen LogP contribution in [0.15, 0.2) is 23.2 Å². The van der Waals surface area contributed by atoms with Crippen LogP contribution in [-0.2, 0) is 11.2 Å². The Morgan fingerprint density at radius 2 is 2.33 bits per heavy atom. The second-order valence-corrected chi connectivity index (χ2v) is 5.33. The fourth-order valence-corrected chi connectivity index (χ4v) is 2.76. The van der Waals surface area contributed by atoms with Gasteiger partial charge in [-0.05, 0) is 41.9 Å². The maximum Gasteiger partial charge on any atom is 0.290 e. The van der Waals surface area contributed by atoms with Gasteiger partial charge in [0.15, 0.2) is 0 Å². The van der Waals surface area contributed by atoms with Crippen molar-refractivity contribution in [2.75, 3.05) is 13.7 Å². The third-order valence-electron chi connectivity index (χ3n) is 3.00. The predicted octanol–water partition coefficient (Wildman–Crippen LogP) is 3.17. The molecule has 0 aliphatic rings. The van der Waals surface area contributed by atoms with Crippen molar-refractivity contribution < 1.29 is 19.7 Å². The van der Waals surface area contributed by atoms with Crippen LogP contribution in [0.3, 0.4) is 0 Å². The molecule has 0 saturated carbocycles. The zero-order chi connectivity index (χ0) is 16.3. The number of rotatable bonds is 6. The van der Waals surface area contributed by atoms with Crippen molar-refractivity contribution in [3.05, 3.63) is 23.8 Å². The maximum atomic E-state index is 13.0. The first kappa shape index (κ1) is 14.2. The van der Waals surface area contributed by atoms with E-state index in [0.717, 1.165) is 5.39 Å². The second-order valence-electron chi connectivity index (χ2n) is 4.40. The molecule has 2 rings (SSSR count). The lowest BCUT2D eigenvalue weighted by molar-refractivity contribution is -0.118. The van der Waals surface area contributed by atoms with Crippen LogP contribution in [0, 0.1) is 0 Å². The Hall–Kier alpha value is -1.76. The number of fused-ring (bicyclic) bond motifs is 1. The van der Waals surface area contributed by atoms with Gasteiger partial charge in [0.2, 0.25) is 5.91 Å². The fraction of sp³-hybridized carbons (Fsp3) is 0.357. The number of benzene rings is 1. The van der Waals surface area contributed by atoms with Crippen LogP contribution >= 0.6 is 11.8 Å². The van der Waals surface area contributed by atoms with Crippen molar-refractivity contribution in [3.8, 4) is 5.75 Å². The van der Waals surface area contributed by atoms with Crippen LogP contribution in [0.5, 0.6) is 5.75 Å². The first-order valence-corrected chi connectivity index (χ1v) is 7.11.